The molecule has 32 heavy (non-hydrogen) atoms. The van der Waals surface area contributed by atoms with Gasteiger partial charge in [0, 0.05) is 30.0 Å². The second-order valence-corrected chi connectivity index (χ2v) is 10.2. The normalized spacial score (nSPS) is 23.0. The summed E-state index contributed by atoms with van der Waals surface area (Å²) in [4.78, 5) is 25.8. The summed E-state index contributed by atoms with van der Waals surface area (Å²) < 4.78 is 33.4. The number of fused-ring (bicyclic) bond motifs is 1. The highest BCUT2D eigenvalue weighted by molar-refractivity contribution is 7.89. The minimum absolute atomic E-state index is 0.123. The number of nitrogens with zero attached hydrogens (tertiary/aromatic N) is 1. The number of hydrogen-bond acceptors (Lipinski definition) is 5. The standard InChI is InChI=1S/C25H27NO5S/c1-3-31-25(28)19-8-6-7-18(15-19)24(27)22-16-26(23-10-5-4-9-21(22)23)32(29,30)20-13-11-17(2)12-14-20/h4,6-9,11-15,21-23H,3,5,10,16H2,1-2H3/t21-,22+,23-/m1/s1. The Kier molecular flexibility index (Phi) is 6.31. The van der Waals surface area contributed by atoms with Gasteiger partial charge in [-0.25, -0.2) is 13.2 Å². The fourth-order valence-corrected chi connectivity index (χ4v) is 6.35. The molecule has 4 rings (SSSR count). The van der Waals surface area contributed by atoms with Gasteiger partial charge in [-0.05, 0) is 51.0 Å². The lowest BCUT2D eigenvalue weighted by atomic mass is 9.81. The fraction of sp³-hybridized carbons (Fsp3) is 0.360. The van der Waals surface area contributed by atoms with Crippen molar-refractivity contribution in [2.75, 3.05) is 13.2 Å². The SMILES string of the molecule is CCOC(=O)c1cccc(C(=O)[C@H]2CN(S(=O)(=O)c3ccc(C)cc3)[C@@H]3CCC=C[C@H]23)c1. The smallest absolute Gasteiger partial charge is 0.338 e. The number of esters is 1. The van der Waals surface area contributed by atoms with Crippen LogP contribution in [0.15, 0.2) is 65.6 Å². The van der Waals surface area contributed by atoms with Gasteiger partial charge in [0.05, 0.1) is 17.1 Å². The summed E-state index contributed by atoms with van der Waals surface area (Å²) in [5, 5.41) is 0. The molecule has 0 unspecified atom stereocenters. The third kappa shape index (κ3) is 4.14. The van der Waals surface area contributed by atoms with Gasteiger partial charge in [0.2, 0.25) is 10.0 Å². The van der Waals surface area contributed by atoms with Crippen LogP contribution >= 0.6 is 0 Å². The first kappa shape index (κ1) is 22.4. The van der Waals surface area contributed by atoms with E-state index in [1.807, 2.05) is 19.1 Å². The number of carbonyl (C=O) groups excluding carboxylic acids is 2. The van der Waals surface area contributed by atoms with Gasteiger partial charge in [0.15, 0.2) is 5.78 Å². The topological polar surface area (TPSA) is 80.8 Å². The molecule has 2 aromatic carbocycles. The van der Waals surface area contributed by atoms with Crippen molar-refractivity contribution in [3.05, 3.63) is 77.4 Å². The van der Waals surface area contributed by atoms with Crippen molar-refractivity contribution in [1.82, 2.24) is 4.31 Å². The van der Waals surface area contributed by atoms with Gasteiger partial charge in [-0.2, -0.15) is 4.31 Å². The zero-order valence-electron chi connectivity index (χ0n) is 18.2. The van der Waals surface area contributed by atoms with Crippen LogP contribution < -0.4 is 0 Å². The van der Waals surface area contributed by atoms with Crippen LogP contribution in [0.2, 0.25) is 0 Å². The maximum absolute atomic E-state index is 13.5. The second kappa shape index (κ2) is 9.00. The zero-order valence-corrected chi connectivity index (χ0v) is 19.0. The number of ketones is 1. The molecule has 6 nitrogen and oxygen atoms in total. The van der Waals surface area contributed by atoms with Crippen LogP contribution in [-0.2, 0) is 14.8 Å². The molecular formula is C25H27NO5S. The van der Waals surface area contributed by atoms with Crippen LogP contribution in [0.1, 0.15) is 46.0 Å². The van der Waals surface area contributed by atoms with Crippen LogP contribution in [-0.4, -0.2) is 43.7 Å². The molecular weight excluding hydrogens is 426 g/mol. The molecule has 0 radical (unpaired) electrons. The summed E-state index contributed by atoms with van der Waals surface area (Å²) in [6, 6.07) is 13.0. The van der Waals surface area contributed by atoms with Gasteiger partial charge in [0.1, 0.15) is 0 Å². The minimum Gasteiger partial charge on any atom is -0.462 e. The van der Waals surface area contributed by atoms with E-state index < -0.39 is 21.9 Å². The van der Waals surface area contributed by atoms with E-state index in [0.29, 0.717) is 17.5 Å². The highest BCUT2D eigenvalue weighted by Crippen LogP contribution is 2.41. The summed E-state index contributed by atoms with van der Waals surface area (Å²) in [5.41, 5.74) is 1.70. The van der Waals surface area contributed by atoms with E-state index >= 15 is 0 Å². The number of hydrogen-bond donors (Lipinski definition) is 0. The van der Waals surface area contributed by atoms with Gasteiger partial charge in [0.25, 0.3) is 0 Å². The summed E-state index contributed by atoms with van der Waals surface area (Å²) in [6.07, 6.45) is 5.47. The lowest BCUT2D eigenvalue weighted by molar-refractivity contribution is 0.0526. The number of allylic oxidation sites excluding steroid dienone is 1. The first-order chi connectivity index (χ1) is 15.3. The second-order valence-electron chi connectivity index (χ2n) is 8.31. The van der Waals surface area contributed by atoms with E-state index in [2.05, 4.69) is 0 Å². The Balaban J connectivity index is 1.65. The number of sulfonamides is 1. The number of carbonyl (C=O) groups is 2. The molecule has 1 saturated heterocycles. The predicted molar refractivity (Wildman–Crippen MR) is 121 cm³/mol. The molecule has 1 aliphatic heterocycles. The van der Waals surface area contributed by atoms with Crippen molar-refractivity contribution in [3.8, 4) is 0 Å². The largest absolute Gasteiger partial charge is 0.462 e. The summed E-state index contributed by atoms with van der Waals surface area (Å²) in [7, 11) is -3.73. The van der Waals surface area contributed by atoms with Crippen molar-refractivity contribution in [2.24, 2.45) is 11.8 Å². The van der Waals surface area contributed by atoms with Gasteiger partial charge >= 0.3 is 5.97 Å². The summed E-state index contributed by atoms with van der Waals surface area (Å²) >= 11 is 0. The Morgan fingerprint density at radius 3 is 2.53 bits per heavy atom. The first-order valence-electron chi connectivity index (χ1n) is 10.9. The molecule has 2 aromatic rings. The lowest BCUT2D eigenvalue weighted by Gasteiger charge is -2.28. The molecule has 168 valence electrons. The zero-order chi connectivity index (χ0) is 22.9. The summed E-state index contributed by atoms with van der Waals surface area (Å²) in [5.74, 6) is -1.33. The highest BCUT2D eigenvalue weighted by Gasteiger charge is 2.49. The van der Waals surface area contributed by atoms with E-state index in [-0.39, 0.29) is 35.8 Å². The average molecular weight is 454 g/mol. The van der Waals surface area contributed by atoms with Gasteiger partial charge in [-0.3, -0.25) is 4.79 Å². The number of aryl methyl sites for hydroxylation is 1. The van der Waals surface area contributed by atoms with Crippen LogP contribution in [0.3, 0.4) is 0 Å². The molecule has 0 spiro atoms. The van der Waals surface area contributed by atoms with E-state index in [9.17, 15) is 18.0 Å². The lowest BCUT2D eigenvalue weighted by Crippen LogP contribution is -2.38. The number of Topliss-reactive ketones (excluding diaryl/α,β-unsaturated/α-hetero) is 1. The monoisotopic (exact) mass is 453 g/mol. The average Bonchev–Trinajstić information content (AvgIpc) is 3.20. The van der Waals surface area contributed by atoms with Gasteiger partial charge in [-0.15, -0.1) is 0 Å². The molecule has 1 fully saturated rings. The van der Waals surface area contributed by atoms with Crippen molar-refractivity contribution in [2.45, 2.75) is 37.6 Å². The predicted octanol–water partition coefficient (Wildman–Crippen LogP) is 4.01. The maximum Gasteiger partial charge on any atom is 0.338 e. The highest BCUT2D eigenvalue weighted by atomic mass is 32.2. The number of benzene rings is 2. The third-order valence-electron chi connectivity index (χ3n) is 6.27. The van der Waals surface area contributed by atoms with Crippen LogP contribution in [0.5, 0.6) is 0 Å². The van der Waals surface area contributed by atoms with Crippen LogP contribution in [0, 0.1) is 18.8 Å². The quantitative estimate of drug-likeness (QED) is 0.375. The molecule has 0 amide bonds. The Morgan fingerprint density at radius 2 is 1.81 bits per heavy atom. The van der Waals surface area contributed by atoms with Crippen molar-refractivity contribution in [3.63, 3.8) is 0 Å². The Hall–Kier alpha value is -2.77. The van der Waals surface area contributed by atoms with Crippen molar-refractivity contribution >= 4 is 21.8 Å². The first-order valence-corrected chi connectivity index (χ1v) is 12.3. The molecule has 1 heterocycles. The molecule has 0 bridgehead atoms. The van der Waals surface area contributed by atoms with Crippen LogP contribution in [0.25, 0.3) is 0 Å². The molecule has 0 N–H and O–H groups in total. The molecule has 7 heteroatoms. The van der Waals surface area contributed by atoms with Crippen LogP contribution in [0.4, 0.5) is 0 Å². The summed E-state index contributed by atoms with van der Waals surface area (Å²) in [6.45, 7) is 4.01. The van der Waals surface area contributed by atoms with Gasteiger partial charge < -0.3 is 4.74 Å². The van der Waals surface area contributed by atoms with E-state index in [1.165, 1.54) is 4.31 Å². The molecule has 1 aliphatic carbocycles. The minimum atomic E-state index is -3.73. The third-order valence-corrected chi connectivity index (χ3v) is 8.17. The number of ether oxygens (including phenoxy) is 1. The Bertz CT molecular complexity index is 1150. The van der Waals surface area contributed by atoms with Gasteiger partial charge in [-0.1, -0.05) is 42.0 Å². The molecule has 0 saturated carbocycles. The van der Waals surface area contributed by atoms with E-state index in [0.717, 1.165) is 12.0 Å². The van der Waals surface area contributed by atoms with E-state index in [4.69, 9.17) is 4.74 Å². The fourth-order valence-electron chi connectivity index (χ4n) is 4.64. The Labute approximate surface area is 188 Å². The molecule has 0 aromatic heterocycles. The van der Waals surface area contributed by atoms with Crippen molar-refractivity contribution in [1.29, 1.82) is 0 Å². The van der Waals surface area contributed by atoms with Crippen molar-refractivity contribution < 1.29 is 22.7 Å². The number of rotatable bonds is 6. The van der Waals surface area contributed by atoms with E-state index in [1.54, 1.807) is 55.5 Å². The molecule has 3 atom stereocenters. The maximum atomic E-state index is 13.5. The molecule has 2 aliphatic rings. The Morgan fingerprint density at radius 1 is 1.09 bits per heavy atom.